The molecule has 0 spiro atoms. The molecule has 0 aromatic heterocycles. The van der Waals surface area contributed by atoms with Gasteiger partial charge in [-0.15, -0.1) is 0 Å². The molecule has 2 aliphatic rings. The minimum absolute atomic E-state index is 0.0536. The molecule has 0 bridgehead atoms. The summed E-state index contributed by atoms with van der Waals surface area (Å²) in [7, 11) is 3.18. The number of carbonyl (C=O) groups excluding carboxylic acids is 2. The summed E-state index contributed by atoms with van der Waals surface area (Å²) < 4.78 is 10.7. The van der Waals surface area contributed by atoms with Crippen LogP contribution in [-0.4, -0.2) is 25.9 Å². The quantitative estimate of drug-likeness (QED) is 0.926. The number of methoxy groups -OCH3 is 2. The summed E-state index contributed by atoms with van der Waals surface area (Å²) in [5, 5.41) is 2.92. The highest BCUT2D eigenvalue weighted by Crippen LogP contribution is 2.46. The molecule has 1 aromatic rings. The van der Waals surface area contributed by atoms with Crippen LogP contribution in [0.3, 0.4) is 0 Å². The van der Waals surface area contributed by atoms with Crippen LogP contribution in [0.15, 0.2) is 29.5 Å². The molecule has 5 nitrogen and oxygen atoms in total. The Morgan fingerprint density at radius 1 is 1.12 bits per heavy atom. The summed E-state index contributed by atoms with van der Waals surface area (Å²) in [6.45, 7) is 4.11. The van der Waals surface area contributed by atoms with Crippen molar-refractivity contribution in [2.24, 2.45) is 5.41 Å². The molecular formula is C19H23NO4. The fourth-order valence-electron chi connectivity index (χ4n) is 3.73. The number of hydrogen-bond acceptors (Lipinski definition) is 4. The number of nitrogens with one attached hydrogen (secondary N) is 1. The number of ketones is 1. The predicted molar refractivity (Wildman–Crippen MR) is 90.1 cm³/mol. The van der Waals surface area contributed by atoms with Crippen molar-refractivity contribution in [1.82, 2.24) is 5.32 Å². The molecule has 0 saturated carbocycles. The maximum Gasteiger partial charge on any atom is 0.225 e. The van der Waals surface area contributed by atoms with Crippen LogP contribution in [0.2, 0.25) is 0 Å². The average molecular weight is 329 g/mol. The molecule has 24 heavy (non-hydrogen) atoms. The first-order valence-electron chi connectivity index (χ1n) is 8.12. The molecule has 3 rings (SSSR count). The van der Waals surface area contributed by atoms with Gasteiger partial charge in [0.25, 0.3) is 0 Å². The number of carbonyl (C=O) groups is 2. The van der Waals surface area contributed by atoms with Crippen LogP contribution in [0.1, 0.15) is 44.6 Å². The van der Waals surface area contributed by atoms with Crippen LogP contribution in [0.4, 0.5) is 0 Å². The van der Waals surface area contributed by atoms with Gasteiger partial charge in [-0.25, -0.2) is 0 Å². The van der Waals surface area contributed by atoms with Crippen LogP contribution in [0.5, 0.6) is 11.5 Å². The second-order valence-corrected chi connectivity index (χ2v) is 7.25. The Hall–Kier alpha value is -2.30. The number of rotatable bonds is 3. The Kier molecular flexibility index (Phi) is 4.11. The lowest BCUT2D eigenvalue weighted by Crippen LogP contribution is -2.40. The smallest absolute Gasteiger partial charge is 0.225 e. The van der Waals surface area contributed by atoms with Gasteiger partial charge in [0.05, 0.1) is 14.2 Å². The van der Waals surface area contributed by atoms with Gasteiger partial charge in [0, 0.05) is 41.7 Å². The third-order valence-electron chi connectivity index (χ3n) is 4.76. The van der Waals surface area contributed by atoms with E-state index in [2.05, 4.69) is 19.2 Å². The normalized spacial score (nSPS) is 22.8. The zero-order valence-electron chi connectivity index (χ0n) is 14.6. The van der Waals surface area contributed by atoms with Crippen molar-refractivity contribution in [3.63, 3.8) is 0 Å². The van der Waals surface area contributed by atoms with E-state index in [0.29, 0.717) is 24.3 Å². The fraction of sp³-hybridized carbons (Fsp3) is 0.474. The van der Waals surface area contributed by atoms with Crippen LogP contribution in [0, 0.1) is 5.41 Å². The van der Waals surface area contributed by atoms with Crippen LogP contribution in [0.25, 0.3) is 0 Å². The highest BCUT2D eigenvalue weighted by atomic mass is 16.5. The summed E-state index contributed by atoms with van der Waals surface area (Å²) in [4.78, 5) is 25.0. The first-order valence-corrected chi connectivity index (χ1v) is 8.12. The van der Waals surface area contributed by atoms with E-state index in [9.17, 15) is 9.59 Å². The lowest BCUT2D eigenvalue weighted by Gasteiger charge is -2.38. The molecule has 0 fully saturated rings. The molecule has 1 aromatic carbocycles. The largest absolute Gasteiger partial charge is 0.497 e. The molecule has 5 heteroatoms. The lowest BCUT2D eigenvalue weighted by molar-refractivity contribution is -0.122. The Morgan fingerprint density at radius 2 is 1.88 bits per heavy atom. The van der Waals surface area contributed by atoms with Gasteiger partial charge in [-0.1, -0.05) is 19.9 Å². The van der Waals surface area contributed by atoms with E-state index >= 15 is 0 Å². The Bertz CT molecular complexity index is 733. The summed E-state index contributed by atoms with van der Waals surface area (Å²) in [5.41, 5.74) is 2.23. The number of Topliss-reactive ketones (excluding diaryl/α,β-unsaturated/α-hetero) is 1. The molecule has 128 valence electrons. The average Bonchev–Trinajstić information content (AvgIpc) is 2.51. The van der Waals surface area contributed by atoms with Crippen molar-refractivity contribution in [3.8, 4) is 11.5 Å². The second kappa shape index (κ2) is 5.96. The van der Waals surface area contributed by atoms with Crippen LogP contribution in [-0.2, 0) is 9.59 Å². The van der Waals surface area contributed by atoms with E-state index in [1.165, 1.54) is 0 Å². The van der Waals surface area contributed by atoms with Crippen molar-refractivity contribution in [3.05, 3.63) is 35.0 Å². The van der Waals surface area contributed by atoms with Crippen molar-refractivity contribution >= 4 is 11.7 Å². The van der Waals surface area contributed by atoms with E-state index in [1.54, 1.807) is 20.3 Å². The number of amides is 1. The summed E-state index contributed by atoms with van der Waals surface area (Å²) in [6.07, 6.45) is 1.46. The van der Waals surface area contributed by atoms with Crippen molar-refractivity contribution < 1.29 is 19.1 Å². The number of allylic oxidation sites excluding steroid dienone is 2. The highest BCUT2D eigenvalue weighted by Gasteiger charge is 2.41. The molecule has 1 N–H and O–H groups in total. The van der Waals surface area contributed by atoms with Gasteiger partial charge in [-0.3, -0.25) is 9.59 Å². The summed E-state index contributed by atoms with van der Waals surface area (Å²) in [5.74, 6) is 1.11. The maximum atomic E-state index is 12.8. The molecule has 1 amide bonds. The molecule has 1 heterocycles. The van der Waals surface area contributed by atoms with Crippen molar-refractivity contribution in [1.29, 1.82) is 0 Å². The van der Waals surface area contributed by atoms with E-state index in [0.717, 1.165) is 16.8 Å². The molecule has 0 radical (unpaired) electrons. The predicted octanol–water partition coefficient (Wildman–Crippen LogP) is 2.95. The standard InChI is InChI=1S/C19H23NO4/c1-19(2)9-14-18(15(21)10-19)13(8-17(22)20-14)12-6-5-11(23-3)7-16(12)24-4/h5-7,13H,8-10H2,1-4H3,(H,20,22). The van der Waals surface area contributed by atoms with Gasteiger partial charge in [0.2, 0.25) is 5.91 Å². The van der Waals surface area contributed by atoms with Crippen LogP contribution < -0.4 is 14.8 Å². The minimum atomic E-state index is -0.266. The van der Waals surface area contributed by atoms with Crippen LogP contribution >= 0.6 is 0 Å². The lowest BCUT2D eigenvalue weighted by atomic mass is 9.70. The third kappa shape index (κ3) is 2.90. The minimum Gasteiger partial charge on any atom is -0.497 e. The molecule has 1 aliphatic heterocycles. The molecule has 0 saturated heterocycles. The number of hydrogen-bond donors (Lipinski definition) is 1. The first kappa shape index (κ1) is 16.6. The van der Waals surface area contributed by atoms with Crippen molar-refractivity contribution in [2.45, 2.75) is 39.0 Å². The van der Waals surface area contributed by atoms with Gasteiger partial charge in [0.15, 0.2) is 5.78 Å². The number of ether oxygens (including phenoxy) is 2. The zero-order valence-corrected chi connectivity index (χ0v) is 14.6. The maximum absolute atomic E-state index is 12.8. The van der Waals surface area contributed by atoms with Gasteiger partial charge in [0.1, 0.15) is 11.5 Å². The molecule has 1 atom stereocenters. The van der Waals surface area contributed by atoms with Gasteiger partial charge < -0.3 is 14.8 Å². The van der Waals surface area contributed by atoms with E-state index in [4.69, 9.17) is 9.47 Å². The van der Waals surface area contributed by atoms with E-state index in [-0.39, 0.29) is 29.4 Å². The third-order valence-corrected chi connectivity index (χ3v) is 4.76. The highest BCUT2D eigenvalue weighted by molar-refractivity contribution is 6.02. The van der Waals surface area contributed by atoms with Gasteiger partial charge in [-0.05, 0) is 17.9 Å². The summed E-state index contributed by atoms with van der Waals surface area (Å²) in [6, 6.07) is 5.51. The van der Waals surface area contributed by atoms with Crippen molar-refractivity contribution in [2.75, 3.05) is 14.2 Å². The second-order valence-electron chi connectivity index (χ2n) is 7.25. The fourth-order valence-corrected chi connectivity index (χ4v) is 3.73. The van der Waals surface area contributed by atoms with Gasteiger partial charge >= 0.3 is 0 Å². The van der Waals surface area contributed by atoms with E-state index < -0.39 is 0 Å². The zero-order chi connectivity index (χ0) is 17.5. The SMILES string of the molecule is COc1ccc(C2CC(=O)NC3=C2C(=O)CC(C)(C)C3)c(OC)c1. The Labute approximate surface area is 142 Å². The monoisotopic (exact) mass is 329 g/mol. The molecule has 1 aliphatic carbocycles. The molecular weight excluding hydrogens is 306 g/mol. The Morgan fingerprint density at radius 3 is 2.54 bits per heavy atom. The Balaban J connectivity index is 2.10. The van der Waals surface area contributed by atoms with E-state index in [1.807, 2.05) is 12.1 Å². The summed E-state index contributed by atoms with van der Waals surface area (Å²) >= 11 is 0. The molecule has 1 unspecified atom stereocenters. The topological polar surface area (TPSA) is 64.6 Å². The number of benzene rings is 1. The first-order chi connectivity index (χ1) is 11.3. The van der Waals surface area contributed by atoms with Gasteiger partial charge in [-0.2, -0.15) is 0 Å².